The van der Waals surface area contributed by atoms with E-state index in [0.29, 0.717) is 22.2 Å². The number of nitrogens with one attached hydrogen (secondary N) is 3. The molecule has 0 radical (unpaired) electrons. The van der Waals surface area contributed by atoms with Gasteiger partial charge in [0.15, 0.2) is 0 Å². The van der Waals surface area contributed by atoms with E-state index in [1.807, 2.05) is 0 Å². The van der Waals surface area contributed by atoms with Crippen LogP contribution in [0, 0.1) is 0 Å². The van der Waals surface area contributed by atoms with Crippen molar-refractivity contribution < 1.29 is 19.1 Å². The molecule has 9 heteroatoms. The van der Waals surface area contributed by atoms with Crippen molar-refractivity contribution in [3.63, 3.8) is 0 Å². The predicted octanol–water partition coefficient (Wildman–Crippen LogP) is 1.58. The molecule has 0 unspecified atom stereocenters. The quantitative estimate of drug-likeness (QED) is 0.400. The summed E-state index contributed by atoms with van der Waals surface area (Å²) in [6.45, 7) is 0.269. The molecule has 1 aromatic rings. The van der Waals surface area contributed by atoms with Gasteiger partial charge in [-0.3, -0.25) is 25.2 Å². The molecule has 1 aliphatic rings. The average molecular weight is 374 g/mol. The van der Waals surface area contributed by atoms with E-state index in [9.17, 15) is 14.4 Å². The third kappa shape index (κ3) is 6.25. The van der Waals surface area contributed by atoms with E-state index in [4.69, 9.17) is 27.9 Å². The normalized spacial score (nSPS) is 13.1. The molecule has 24 heavy (non-hydrogen) atoms. The number of rotatable bonds is 6. The number of carbonyl (C=O) groups is 3. The van der Waals surface area contributed by atoms with Gasteiger partial charge in [-0.1, -0.05) is 23.2 Å². The maximum Gasteiger partial charge on any atom is 0.327 e. The molecule has 0 aliphatic heterocycles. The van der Waals surface area contributed by atoms with Crippen LogP contribution < -0.4 is 20.9 Å². The number of hydrazine groups is 1. The van der Waals surface area contributed by atoms with E-state index in [2.05, 4.69) is 16.2 Å². The van der Waals surface area contributed by atoms with Crippen molar-refractivity contribution in [3.8, 4) is 5.75 Å². The van der Waals surface area contributed by atoms with Gasteiger partial charge in [0.05, 0.1) is 11.6 Å². The molecule has 0 saturated heterocycles. The minimum atomic E-state index is -0.889. The van der Waals surface area contributed by atoms with E-state index in [1.54, 1.807) is 18.2 Å². The molecule has 3 N–H and O–H groups in total. The van der Waals surface area contributed by atoms with Crippen molar-refractivity contribution in [1.29, 1.82) is 0 Å². The highest BCUT2D eigenvalue weighted by Gasteiger charge is 2.26. The monoisotopic (exact) mass is 373 g/mol. The summed E-state index contributed by atoms with van der Waals surface area (Å²) >= 11 is 11.7. The summed E-state index contributed by atoms with van der Waals surface area (Å²) in [5, 5.41) is 3.41. The second kappa shape index (κ2) is 8.75. The van der Waals surface area contributed by atoms with Crippen molar-refractivity contribution >= 4 is 40.9 Å². The maximum atomic E-state index is 11.6. The number of ether oxygens (including phenoxy) is 1. The summed E-state index contributed by atoms with van der Waals surface area (Å²) in [5.74, 6) is -1.59. The Kier molecular flexibility index (Phi) is 6.69. The second-order valence-corrected chi connectivity index (χ2v) is 6.12. The van der Waals surface area contributed by atoms with Crippen molar-refractivity contribution in [2.75, 3.05) is 6.61 Å². The largest absolute Gasteiger partial charge is 0.492 e. The molecule has 0 spiro atoms. The van der Waals surface area contributed by atoms with E-state index >= 15 is 0 Å². The summed E-state index contributed by atoms with van der Waals surface area (Å²) in [6, 6.07) is 4.94. The van der Waals surface area contributed by atoms with E-state index in [0.717, 1.165) is 12.8 Å². The van der Waals surface area contributed by atoms with Crippen LogP contribution >= 0.6 is 23.2 Å². The zero-order valence-electron chi connectivity index (χ0n) is 12.7. The van der Waals surface area contributed by atoms with Crippen LogP contribution in [0.25, 0.3) is 0 Å². The molecular formula is C15H17Cl2N3O4. The lowest BCUT2D eigenvalue weighted by Crippen LogP contribution is -2.48. The standard InChI is InChI=1S/C15H17Cl2N3O4/c16-9-3-6-12(11(17)8-9)24-7-1-2-13(21)19-20-15(23)14(22)18-10-4-5-10/h3,6,8,10H,1-2,4-5,7H2,(H,18,22)(H,19,21)(H,20,23). The fraction of sp³-hybridized carbons (Fsp3) is 0.400. The highest BCUT2D eigenvalue weighted by molar-refractivity contribution is 6.35. The Bertz CT molecular complexity index is 635. The number of halogens is 2. The average Bonchev–Trinajstić information content (AvgIpc) is 3.34. The maximum absolute atomic E-state index is 11.6. The lowest BCUT2D eigenvalue weighted by Gasteiger charge is -2.09. The van der Waals surface area contributed by atoms with Crippen LogP contribution in [-0.4, -0.2) is 30.4 Å². The zero-order valence-corrected chi connectivity index (χ0v) is 14.2. The van der Waals surface area contributed by atoms with Gasteiger partial charge in [0.2, 0.25) is 5.91 Å². The summed E-state index contributed by atoms with van der Waals surface area (Å²) in [7, 11) is 0. The molecule has 0 aromatic heterocycles. The molecule has 1 fully saturated rings. The molecule has 2 rings (SSSR count). The molecule has 0 atom stereocenters. The third-order valence-electron chi connectivity index (χ3n) is 3.13. The van der Waals surface area contributed by atoms with E-state index in [-0.39, 0.29) is 19.1 Å². The second-order valence-electron chi connectivity index (χ2n) is 5.28. The van der Waals surface area contributed by atoms with Crippen LogP contribution in [0.4, 0.5) is 0 Å². The van der Waals surface area contributed by atoms with Gasteiger partial charge < -0.3 is 10.1 Å². The summed E-state index contributed by atoms with van der Waals surface area (Å²) < 4.78 is 5.43. The van der Waals surface area contributed by atoms with Crippen LogP contribution in [0.15, 0.2) is 18.2 Å². The molecule has 1 aliphatic carbocycles. The molecule has 7 nitrogen and oxygen atoms in total. The Labute approximate surface area is 149 Å². The van der Waals surface area contributed by atoms with Gasteiger partial charge in [0, 0.05) is 17.5 Å². The van der Waals surface area contributed by atoms with E-state index in [1.165, 1.54) is 0 Å². The fourth-order valence-corrected chi connectivity index (χ4v) is 2.19. The number of hydrogen-bond donors (Lipinski definition) is 3. The summed E-state index contributed by atoms with van der Waals surface area (Å²) in [4.78, 5) is 34.3. The molecule has 1 aromatic carbocycles. The highest BCUT2D eigenvalue weighted by atomic mass is 35.5. The number of benzene rings is 1. The first-order valence-corrected chi connectivity index (χ1v) is 8.19. The van der Waals surface area contributed by atoms with Crippen molar-refractivity contribution in [1.82, 2.24) is 16.2 Å². The number of carbonyl (C=O) groups excluding carboxylic acids is 3. The molecule has 0 bridgehead atoms. The van der Waals surface area contributed by atoms with Crippen molar-refractivity contribution in [2.45, 2.75) is 31.7 Å². The summed E-state index contributed by atoms with van der Waals surface area (Å²) in [5.41, 5.74) is 4.24. The lowest BCUT2D eigenvalue weighted by atomic mass is 10.3. The van der Waals surface area contributed by atoms with Crippen LogP contribution in [0.1, 0.15) is 25.7 Å². The first kappa shape index (κ1) is 18.4. The minimum Gasteiger partial charge on any atom is -0.492 e. The van der Waals surface area contributed by atoms with Crippen molar-refractivity contribution in [3.05, 3.63) is 28.2 Å². The van der Waals surface area contributed by atoms with Crippen LogP contribution in [0.3, 0.4) is 0 Å². The third-order valence-corrected chi connectivity index (χ3v) is 3.66. The van der Waals surface area contributed by atoms with Gasteiger partial charge >= 0.3 is 11.8 Å². The Morgan fingerprint density at radius 2 is 1.88 bits per heavy atom. The van der Waals surface area contributed by atoms with Crippen molar-refractivity contribution in [2.24, 2.45) is 0 Å². The van der Waals surface area contributed by atoms with Gasteiger partial charge in [-0.25, -0.2) is 0 Å². The van der Waals surface area contributed by atoms with Crippen LogP contribution in [-0.2, 0) is 14.4 Å². The zero-order chi connectivity index (χ0) is 17.5. The molecule has 1 saturated carbocycles. The summed E-state index contributed by atoms with van der Waals surface area (Å²) in [6.07, 6.45) is 2.29. The number of hydrogen-bond acceptors (Lipinski definition) is 4. The van der Waals surface area contributed by atoms with Gasteiger partial charge in [-0.15, -0.1) is 0 Å². The smallest absolute Gasteiger partial charge is 0.327 e. The van der Waals surface area contributed by atoms with Gasteiger partial charge in [-0.2, -0.15) is 0 Å². The highest BCUT2D eigenvalue weighted by Crippen LogP contribution is 2.27. The predicted molar refractivity (Wildman–Crippen MR) is 88.6 cm³/mol. The Balaban J connectivity index is 1.59. The van der Waals surface area contributed by atoms with Gasteiger partial charge in [0.25, 0.3) is 0 Å². The Hall–Kier alpha value is -1.99. The molecular weight excluding hydrogens is 357 g/mol. The van der Waals surface area contributed by atoms with Crippen LogP contribution in [0.5, 0.6) is 5.75 Å². The first-order valence-electron chi connectivity index (χ1n) is 7.43. The van der Waals surface area contributed by atoms with Crippen LogP contribution in [0.2, 0.25) is 10.0 Å². The fourth-order valence-electron chi connectivity index (χ4n) is 1.73. The van der Waals surface area contributed by atoms with Gasteiger partial charge in [-0.05, 0) is 37.5 Å². The SMILES string of the molecule is O=C(CCCOc1ccc(Cl)cc1Cl)NNC(=O)C(=O)NC1CC1. The van der Waals surface area contributed by atoms with Gasteiger partial charge in [0.1, 0.15) is 5.75 Å². The minimum absolute atomic E-state index is 0.0794. The first-order chi connectivity index (χ1) is 11.5. The lowest BCUT2D eigenvalue weighted by molar-refractivity contribution is -0.141. The Morgan fingerprint density at radius 3 is 2.54 bits per heavy atom. The molecule has 0 heterocycles. The van der Waals surface area contributed by atoms with E-state index < -0.39 is 17.7 Å². The topological polar surface area (TPSA) is 96.5 Å². The Morgan fingerprint density at radius 1 is 1.12 bits per heavy atom. The molecule has 3 amide bonds. The number of amides is 3. The molecule has 130 valence electrons.